The number of fused-ring (bicyclic) bond motifs is 4. The summed E-state index contributed by atoms with van der Waals surface area (Å²) in [7, 11) is 11.0. The van der Waals surface area contributed by atoms with E-state index in [1.54, 1.807) is 0 Å². The van der Waals surface area contributed by atoms with E-state index in [0.717, 1.165) is 9.52 Å². The molecule has 0 saturated heterocycles. The molecule has 48 heavy (non-hydrogen) atoms. The summed E-state index contributed by atoms with van der Waals surface area (Å²) < 4.78 is 0. The van der Waals surface area contributed by atoms with Gasteiger partial charge in [0.2, 0.25) is 0 Å². The monoisotopic (exact) mass is 756 g/mol. The average molecular weight is 759 g/mol. The molecule has 0 atom stereocenters. The van der Waals surface area contributed by atoms with Crippen LogP contribution >= 0.6 is 17.0 Å². The van der Waals surface area contributed by atoms with Crippen LogP contribution in [0.5, 0.6) is 0 Å². The first-order valence-electron chi connectivity index (χ1n) is 16.2. The average Bonchev–Trinajstić information content (AvgIpc) is 3.66. The van der Waals surface area contributed by atoms with Crippen LogP contribution in [0.15, 0.2) is 133 Å². The molecular formula is C44H40Cl2SiZr. The first-order chi connectivity index (χ1) is 23.3. The van der Waals surface area contributed by atoms with Gasteiger partial charge in [0.1, 0.15) is 0 Å². The van der Waals surface area contributed by atoms with Gasteiger partial charge in [-0.15, -0.1) is 69.1 Å². The molecular weight excluding hydrogens is 719 g/mol. The molecule has 0 nitrogen and oxygen atoms in total. The van der Waals surface area contributed by atoms with Crippen molar-refractivity contribution in [1.82, 2.24) is 0 Å². The van der Waals surface area contributed by atoms with Crippen LogP contribution in [-0.4, -0.2) is 9.52 Å². The molecule has 0 N–H and O–H groups in total. The zero-order valence-corrected chi connectivity index (χ0v) is 33.4. The molecule has 0 heterocycles. The summed E-state index contributed by atoms with van der Waals surface area (Å²) in [6.45, 7) is 13.1. The van der Waals surface area contributed by atoms with Crippen LogP contribution in [0.2, 0.25) is 13.1 Å². The van der Waals surface area contributed by atoms with Gasteiger partial charge in [-0.1, -0.05) is 134 Å². The zero-order chi connectivity index (χ0) is 34.2. The molecule has 0 saturated carbocycles. The van der Waals surface area contributed by atoms with Crippen molar-refractivity contribution in [2.24, 2.45) is 0 Å². The van der Waals surface area contributed by atoms with Gasteiger partial charge in [-0.05, 0) is 46.5 Å². The summed E-state index contributed by atoms with van der Waals surface area (Å²) in [6.07, 6.45) is 0. The third-order valence-electron chi connectivity index (χ3n) is 8.60. The van der Waals surface area contributed by atoms with Gasteiger partial charge in [0, 0.05) is 9.52 Å². The molecule has 8 rings (SSSR count). The fourth-order valence-electron chi connectivity index (χ4n) is 6.68. The fraction of sp³-hybridized carbons (Fsp3) is 0.136. The van der Waals surface area contributed by atoms with Gasteiger partial charge < -0.3 is 0 Å². The van der Waals surface area contributed by atoms with Crippen LogP contribution in [0.3, 0.4) is 0 Å². The van der Waals surface area contributed by atoms with E-state index in [-0.39, 0.29) is 0 Å². The van der Waals surface area contributed by atoms with E-state index in [2.05, 4.69) is 174 Å². The molecule has 0 spiro atoms. The molecule has 2 radical (unpaired) electrons. The van der Waals surface area contributed by atoms with Crippen molar-refractivity contribution < 1.29 is 20.8 Å². The Hall–Kier alpha value is -3.26. The van der Waals surface area contributed by atoms with Gasteiger partial charge in [-0.25, -0.2) is 0 Å². The maximum atomic E-state index is 4.93. The molecule has 8 aromatic rings. The van der Waals surface area contributed by atoms with Crippen molar-refractivity contribution in [2.75, 3.05) is 0 Å². The summed E-state index contributed by atoms with van der Waals surface area (Å²) in [5.41, 5.74) is 10.8. The molecule has 8 aromatic carbocycles. The Balaban J connectivity index is 0.000000162. The number of rotatable bonds is 2. The molecule has 4 heteroatoms. The number of hydrogen-bond acceptors (Lipinski definition) is 0. The van der Waals surface area contributed by atoms with E-state index >= 15 is 0 Å². The molecule has 0 unspecified atom stereocenters. The second-order valence-corrected chi connectivity index (χ2v) is 16.9. The normalized spacial score (nSPS) is 10.5. The van der Waals surface area contributed by atoms with Crippen molar-refractivity contribution in [3.63, 3.8) is 0 Å². The van der Waals surface area contributed by atoms with Gasteiger partial charge >= 0.3 is 37.9 Å². The minimum atomic E-state index is -0.826. The van der Waals surface area contributed by atoms with Crippen LogP contribution < -0.4 is 0 Å². The molecule has 0 aromatic heterocycles. The molecule has 0 bridgehead atoms. The molecule has 0 aliphatic rings. The van der Waals surface area contributed by atoms with Crippen LogP contribution in [-0.2, 0) is 20.8 Å². The van der Waals surface area contributed by atoms with Gasteiger partial charge in [-0.3, -0.25) is 0 Å². The van der Waals surface area contributed by atoms with E-state index in [1.807, 2.05) is 0 Å². The maximum absolute atomic E-state index is 4.93. The quantitative estimate of drug-likeness (QED) is 0.122. The predicted molar refractivity (Wildman–Crippen MR) is 213 cm³/mol. The molecule has 238 valence electrons. The summed E-state index contributed by atoms with van der Waals surface area (Å²) in [5, 5.41) is 10.7. The van der Waals surface area contributed by atoms with Gasteiger partial charge in [0.15, 0.2) is 0 Å². The summed E-state index contributed by atoms with van der Waals surface area (Å²) in [4.78, 5) is 0. The third kappa shape index (κ3) is 7.96. The topological polar surface area (TPSA) is 0 Å². The summed E-state index contributed by atoms with van der Waals surface area (Å²) >= 11 is -0.826. The Bertz CT molecular complexity index is 2120. The third-order valence-corrected chi connectivity index (χ3v) is 8.60. The number of hydrogen-bond donors (Lipinski definition) is 0. The Morgan fingerprint density at radius 2 is 0.833 bits per heavy atom. The molecule has 0 aliphatic heterocycles. The minimum absolute atomic E-state index is 0.826. The van der Waals surface area contributed by atoms with Gasteiger partial charge in [0.25, 0.3) is 0 Å². The van der Waals surface area contributed by atoms with E-state index in [9.17, 15) is 0 Å². The van der Waals surface area contributed by atoms with Gasteiger partial charge in [-0.2, -0.15) is 12.1 Å². The van der Waals surface area contributed by atoms with Gasteiger partial charge in [0.05, 0.1) is 0 Å². The number of halogens is 2. The first-order valence-corrected chi connectivity index (χ1v) is 24.5. The van der Waals surface area contributed by atoms with Crippen molar-refractivity contribution >= 4 is 69.6 Å². The Morgan fingerprint density at radius 1 is 0.479 bits per heavy atom. The summed E-state index contributed by atoms with van der Waals surface area (Å²) in [6, 6.07) is 48.5. The van der Waals surface area contributed by atoms with E-state index in [4.69, 9.17) is 17.0 Å². The van der Waals surface area contributed by atoms with Crippen LogP contribution in [0.1, 0.15) is 22.3 Å². The second-order valence-electron chi connectivity index (χ2n) is 12.2. The van der Waals surface area contributed by atoms with E-state index in [0.29, 0.717) is 0 Å². The second kappa shape index (κ2) is 16.9. The Kier molecular flexibility index (Phi) is 12.7. The predicted octanol–water partition coefficient (Wildman–Crippen LogP) is 14.2. The fourth-order valence-corrected chi connectivity index (χ4v) is 6.68. The number of benzene rings is 6. The Morgan fingerprint density at radius 3 is 1.23 bits per heavy atom. The van der Waals surface area contributed by atoms with Crippen LogP contribution in [0.4, 0.5) is 0 Å². The summed E-state index contributed by atoms with van der Waals surface area (Å²) in [5.74, 6) is 0. The van der Waals surface area contributed by atoms with Crippen molar-refractivity contribution in [3.05, 3.63) is 156 Å². The Labute approximate surface area is 306 Å². The SMILES string of the molecule is C[Si]C.Cc1cc2c(-c3cccc4ccccc34)c(C)ccc2[cH-]1.Cc1cc2c(-c3cccc4ccccc34)c(C)ccc2[cH-]1.[Cl][Zr+2][Cl]. The molecule has 0 amide bonds. The van der Waals surface area contributed by atoms with Crippen molar-refractivity contribution in [2.45, 2.75) is 40.8 Å². The first kappa shape index (κ1) is 36.0. The van der Waals surface area contributed by atoms with Crippen LogP contribution in [0.25, 0.3) is 65.3 Å². The van der Waals surface area contributed by atoms with Crippen LogP contribution in [0, 0.1) is 27.7 Å². The molecule has 0 fully saturated rings. The molecule has 0 aliphatic carbocycles. The standard InChI is InChI=1S/2C21H17.C2H6Si.2ClH.Zr/c2*1-14-12-17-11-10-15(2)21(20(17)13-14)19-9-5-7-16-6-3-4-8-18(16)19;1-3-2;;;/h2*3-13H,1-2H3;1-2H3;2*1H;/q2*-1;;;;+4/p-2. The van der Waals surface area contributed by atoms with E-state index < -0.39 is 20.8 Å². The van der Waals surface area contributed by atoms with Crippen molar-refractivity contribution in [1.29, 1.82) is 0 Å². The van der Waals surface area contributed by atoms with Crippen molar-refractivity contribution in [3.8, 4) is 22.3 Å². The van der Waals surface area contributed by atoms with E-state index in [1.165, 1.54) is 87.6 Å². The number of aryl methyl sites for hydroxylation is 4. The zero-order valence-electron chi connectivity index (χ0n) is 28.5.